The van der Waals surface area contributed by atoms with E-state index in [9.17, 15) is 0 Å². The summed E-state index contributed by atoms with van der Waals surface area (Å²) in [6, 6.07) is 0. The van der Waals surface area contributed by atoms with Crippen LogP contribution in [0, 0.1) is 39.9 Å². The van der Waals surface area contributed by atoms with E-state index in [-0.39, 0.29) is 0 Å². The van der Waals surface area contributed by atoms with Gasteiger partial charge in [0.05, 0.1) is 6.61 Å². The fourth-order valence-electron chi connectivity index (χ4n) is 9.01. The Morgan fingerprint density at radius 3 is 2.42 bits per heavy atom. The van der Waals surface area contributed by atoms with Crippen molar-refractivity contribution in [3.05, 3.63) is 11.6 Å². The monoisotopic (exact) mass is 358 g/mol. The molecule has 4 aliphatic carbocycles. The van der Waals surface area contributed by atoms with Crippen molar-refractivity contribution >= 4 is 0 Å². The lowest BCUT2D eigenvalue weighted by atomic mass is 9.43. The standard InChI is InChI=1S/C25H42O/c1-6-24(7-2)14-12-21-20-9-8-19-16-18(3)10-15-25(19,17-26-5)22(20)11-13-23(21,24)4/h16,19-22H,6-15,17H2,1-5H3/t19-,20+,21+,22+,23+,25-/m1/s1. The summed E-state index contributed by atoms with van der Waals surface area (Å²) in [6.45, 7) is 11.0. The van der Waals surface area contributed by atoms with Gasteiger partial charge in [-0.25, -0.2) is 0 Å². The third kappa shape index (κ3) is 2.38. The van der Waals surface area contributed by atoms with Crippen LogP contribution in [0.5, 0.6) is 0 Å². The minimum atomic E-state index is 0.447. The lowest BCUT2D eigenvalue weighted by Crippen LogP contribution is -2.56. The van der Waals surface area contributed by atoms with Crippen LogP contribution >= 0.6 is 0 Å². The largest absolute Gasteiger partial charge is 0.384 e. The molecule has 0 bridgehead atoms. The van der Waals surface area contributed by atoms with E-state index in [1.807, 2.05) is 7.11 Å². The van der Waals surface area contributed by atoms with E-state index in [1.165, 1.54) is 64.2 Å². The quantitative estimate of drug-likeness (QED) is 0.491. The summed E-state index contributed by atoms with van der Waals surface area (Å²) < 4.78 is 5.92. The van der Waals surface area contributed by atoms with Crippen molar-refractivity contribution in [1.82, 2.24) is 0 Å². The number of ether oxygens (including phenoxy) is 1. The first kappa shape index (κ1) is 19.0. The zero-order valence-electron chi connectivity index (χ0n) is 18.1. The van der Waals surface area contributed by atoms with Crippen molar-refractivity contribution in [2.75, 3.05) is 13.7 Å². The van der Waals surface area contributed by atoms with Gasteiger partial charge >= 0.3 is 0 Å². The van der Waals surface area contributed by atoms with Crippen LogP contribution in [-0.2, 0) is 4.74 Å². The van der Waals surface area contributed by atoms with Crippen LogP contribution < -0.4 is 0 Å². The second kappa shape index (κ2) is 6.64. The van der Waals surface area contributed by atoms with E-state index in [0.29, 0.717) is 16.2 Å². The molecule has 26 heavy (non-hydrogen) atoms. The third-order valence-electron chi connectivity index (χ3n) is 10.5. The summed E-state index contributed by atoms with van der Waals surface area (Å²) in [5, 5.41) is 0. The summed E-state index contributed by atoms with van der Waals surface area (Å²) >= 11 is 0. The normalized spacial score (nSPS) is 46.9. The van der Waals surface area contributed by atoms with Crippen molar-refractivity contribution in [3.63, 3.8) is 0 Å². The molecule has 4 aliphatic rings. The smallest absolute Gasteiger partial charge is 0.0527 e. The Kier molecular flexibility index (Phi) is 4.86. The van der Waals surface area contributed by atoms with Crippen LogP contribution in [0.2, 0.25) is 0 Å². The van der Waals surface area contributed by atoms with Gasteiger partial charge in [0.2, 0.25) is 0 Å². The van der Waals surface area contributed by atoms with Crippen molar-refractivity contribution < 1.29 is 4.74 Å². The maximum absolute atomic E-state index is 5.92. The molecular formula is C25H42O. The summed E-state index contributed by atoms with van der Waals surface area (Å²) in [7, 11) is 1.95. The molecule has 1 nitrogen and oxygen atoms in total. The summed E-state index contributed by atoms with van der Waals surface area (Å²) in [4.78, 5) is 0. The van der Waals surface area contributed by atoms with Crippen LogP contribution in [0.1, 0.15) is 91.9 Å². The van der Waals surface area contributed by atoms with E-state index < -0.39 is 0 Å². The molecule has 0 aromatic carbocycles. The highest BCUT2D eigenvalue weighted by molar-refractivity contribution is 5.19. The Balaban J connectivity index is 1.68. The van der Waals surface area contributed by atoms with Gasteiger partial charge in [0, 0.05) is 12.5 Å². The van der Waals surface area contributed by atoms with Crippen LogP contribution in [-0.4, -0.2) is 13.7 Å². The van der Waals surface area contributed by atoms with Gasteiger partial charge in [-0.1, -0.05) is 32.4 Å². The summed E-state index contributed by atoms with van der Waals surface area (Å²) in [6.07, 6.45) is 16.9. The molecule has 0 aromatic heterocycles. The molecule has 0 heterocycles. The van der Waals surface area contributed by atoms with E-state index in [2.05, 4.69) is 33.8 Å². The number of allylic oxidation sites excluding steroid dienone is 2. The third-order valence-corrected chi connectivity index (χ3v) is 10.5. The van der Waals surface area contributed by atoms with Crippen LogP contribution in [0.4, 0.5) is 0 Å². The van der Waals surface area contributed by atoms with Crippen LogP contribution in [0.3, 0.4) is 0 Å². The van der Waals surface area contributed by atoms with E-state index >= 15 is 0 Å². The van der Waals surface area contributed by atoms with Crippen molar-refractivity contribution in [1.29, 1.82) is 0 Å². The lowest BCUT2D eigenvalue weighted by molar-refractivity contribution is -0.138. The number of hydrogen-bond acceptors (Lipinski definition) is 1. The van der Waals surface area contributed by atoms with Crippen LogP contribution in [0.25, 0.3) is 0 Å². The second-order valence-corrected chi connectivity index (χ2v) is 10.7. The molecule has 3 saturated carbocycles. The molecule has 1 heteroatoms. The number of rotatable bonds is 4. The molecule has 0 aromatic rings. The first-order valence-electron chi connectivity index (χ1n) is 11.6. The van der Waals surface area contributed by atoms with Gasteiger partial charge < -0.3 is 4.74 Å². The first-order valence-corrected chi connectivity index (χ1v) is 11.6. The SMILES string of the molecule is CCC1(CC)CC[C@H]2[C@@H]3CC[C@@H]4C=C(C)CC[C@]4(COC)[C@H]3CC[C@@]21C. The minimum absolute atomic E-state index is 0.447. The zero-order valence-corrected chi connectivity index (χ0v) is 18.1. The fraction of sp³-hybridized carbons (Fsp3) is 0.920. The molecule has 0 unspecified atom stereocenters. The van der Waals surface area contributed by atoms with Crippen molar-refractivity contribution in [2.45, 2.75) is 91.9 Å². The van der Waals surface area contributed by atoms with Crippen molar-refractivity contribution in [2.24, 2.45) is 39.9 Å². The van der Waals surface area contributed by atoms with E-state index in [4.69, 9.17) is 4.74 Å². The molecule has 0 amide bonds. The lowest BCUT2D eigenvalue weighted by Gasteiger charge is -2.62. The Bertz CT molecular complexity index is 559. The zero-order chi connectivity index (χ0) is 18.6. The molecule has 0 radical (unpaired) electrons. The average molecular weight is 359 g/mol. The first-order chi connectivity index (χ1) is 12.5. The van der Waals surface area contributed by atoms with Gasteiger partial charge in [0.1, 0.15) is 0 Å². The second-order valence-electron chi connectivity index (χ2n) is 10.7. The number of hydrogen-bond donors (Lipinski definition) is 0. The highest BCUT2D eigenvalue weighted by atomic mass is 16.5. The molecule has 148 valence electrons. The molecule has 4 rings (SSSR count). The molecule has 6 atom stereocenters. The van der Waals surface area contributed by atoms with Gasteiger partial charge in [0.25, 0.3) is 0 Å². The fourth-order valence-corrected chi connectivity index (χ4v) is 9.01. The molecule has 3 fully saturated rings. The van der Waals surface area contributed by atoms with Gasteiger partial charge in [-0.05, 0) is 106 Å². The Hall–Kier alpha value is -0.300. The molecule has 0 saturated heterocycles. The minimum Gasteiger partial charge on any atom is -0.384 e. The Labute approximate surface area is 162 Å². The predicted molar refractivity (Wildman–Crippen MR) is 110 cm³/mol. The molecular weight excluding hydrogens is 316 g/mol. The highest BCUT2D eigenvalue weighted by Gasteiger charge is 2.63. The number of fused-ring (bicyclic) bond motifs is 5. The Morgan fingerprint density at radius 1 is 1.00 bits per heavy atom. The summed E-state index contributed by atoms with van der Waals surface area (Å²) in [5.41, 5.74) is 3.30. The van der Waals surface area contributed by atoms with Crippen molar-refractivity contribution in [3.8, 4) is 0 Å². The topological polar surface area (TPSA) is 9.23 Å². The average Bonchev–Trinajstić information content (AvgIpc) is 2.95. The van der Waals surface area contributed by atoms with E-state index in [0.717, 1.165) is 30.3 Å². The Morgan fingerprint density at radius 2 is 1.73 bits per heavy atom. The maximum atomic E-state index is 5.92. The van der Waals surface area contributed by atoms with Gasteiger partial charge in [-0.3, -0.25) is 0 Å². The molecule has 0 aliphatic heterocycles. The molecule has 0 spiro atoms. The van der Waals surface area contributed by atoms with Gasteiger partial charge in [-0.15, -0.1) is 0 Å². The number of methoxy groups -OCH3 is 1. The maximum Gasteiger partial charge on any atom is 0.0527 e. The van der Waals surface area contributed by atoms with Gasteiger partial charge in [0.15, 0.2) is 0 Å². The molecule has 0 N–H and O–H groups in total. The predicted octanol–water partition coefficient (Wildman–Crippen LogP) is 7.02. The van der Waals surface area contributed by atoms with Crippen LogP contribution in [0.15, 0.2) is 11.6 Å². The van der Waals surface area contributed by atoms with E-state index in [1.54, 1.807) is 5.57 Å². The van der Waals surface area contributed by atoms with Gasteiger partial charge in [-0.2, -0.15) is 0 Å². The summed E-state index contributed by atoms with van der Waals surface area (Å²) in [5.74, 6) is 3.63. The highest BCUT2D eigenvalue weighted by Crippen LogP contribution is 2.71.